The van der Waals surface area contributed by atoms with E-state index in [1.165, 1.54) is 44.1 Å². The Bertz CT molecular complexity index is 459. The Balaban J connectivity index is 1.39. The highest BCUT2D eigenvalue weighted by molar-refractivity contribution is 5.90. The van der Waals surface area contributed by atoms with Crippen molar-refractivity contribution in [2.45, 2.75) is 64.0 Å². The van der Waals surface area contributed by atoms with Crippen LogP contribution in [0, 0.1) is 5.92 Å². The lowest BCUT2D eigenvalue weighted by atomic mass is 10.0. The van der Waals surface area contributed by atoms with Crippen LogP contribution in [0.3, 0.4) is 0 Å². The van der Waals surface area contributed by atoms with Crippen LogP contribution < -0.4 is 10.6 Å². The quantitative estimate of drug-likeness (QED) is 0.799. The molecule has 0 spiro atoms. The highest BCUT2D eigenvalue weighted by atomic mass is 16.1. The van der Waals surface area contributed by atoms with Crippen molar-refractivity contribution in [2.24, 2.45) is 5.92 Å². The second-order valence-corrected chi connectivity index (χ2v) is 6.59. The number of hydrogen-bond donors (Lipinski definition) is 2. The van der Waals surface area contributed by atoms with E-state index in [-0.39, 0.29) is 5.91 Å². The van der Waals surface area contributed by atoms with Crippen LogP contribution in [0.15, 0.2) is 24.3 Å². The lowest BCUT2D eigenvalue weighted by Crippen LogP contribution is -2.15. The maximum Gasteiger partial charge on any atom is 0.224 e. The lowest BCUT2D eigenvalue weighted by Gasteiger charge is -2.10. The van der Waals surface area contributed by atoms with Gasteiger partial charge in [0, 0.05) is 24.7 Å². The van der Waals surface area contributed by atoms with Gasteiger partial charge in [-0.05, 0) is 42.9 Å². The second-order valence-electron chi connectivity index (χ2n) is 6.59. The minimum Gasteiger partial charge on any atom is -0.326 e. The maximum atomic E-state index is 12.0. The minimum absolute atomic E-state index is 0.158. The van der Waals surface area contributed by atoms with Crippen molar-refractivity contribution in [1.29, 1.82) is 0 Å². The highest BCUT2D eigenvalue weighted by Crippen LogP contribution is 2.28. The molecule has 0 heterocycles. The third-order valence-electron chi connectivity index (χ3n) is 4.66. The first-order valence-corrected chi connectivity index (χ1v) is 8.42. The summed E-state index contributed by atoms with van der Waals surface area (Å²) in [5, 5.41) is 6.51. The van der Waals surface area contributed by atoms with Gasteiger partial charge in [-0.3, -0.25) is 4.79 Å². The van der Waals surface area contributed by atoms with Gasteiger partial charge in [0.1, 0.15) is 0 Å². The van der Waals surface area contributed by atoms with E-state index in [2.05, 4.69) is 22.8 Å². The predicted molar refractivity (Wildman–Crippen MR) is 86.1 cm³/mol. The number of carbonyl (C=O) groups is 1. The fraction of sp³-hybridized carbons (Fsp3) is 0.611. The van der Waals surface area contributed by atoms with Crippen LogP contribution in [0.25, 0.3) is 0 Å². The molecule has 1 amide bonds. The molecule has 2 N–H and O–H groups in total. The molecule has 3 heteroatoms. The van der Waals surface area contributed by atoms with Crippen LogP contribution in [-0.4, -0.2) is 11.9 Å². The Morgan fingerprint density at radius 1 is 1.05 bits per heavy atom. The average molecular weight is 286 g/mol. The van der Waals surface area contributed by atoms with Crippen LogP contribution in [-0.2, 0) is 11.3 Å². The lowest BCUT2D eigenvalue weighted by molar-refractivity contribution is -0.116. The minimum atomic E-state index is 0.158. The van der Waals surface area contributed by atoms with Gasteiger partial charge < -0.3 is 10.6 Å². The van der Waals surface area contributed by atoms with E-state index in [1.54, 1.807) is 0 Å². The van der Waals surface area contributed by atoms with E-state index in [1.807, 2.05) is 12.1 Å². The summed E-state index contributed by atoms with van der Waals surface area (Å²) in [6.45, 7) is 0.931. The molecule has 2 fully saturated rings. The molecular formula is C18H26N2O. The third kappa shape index (κ3) is 4.85. The zero-order valence-electron chi connectivity index (χ0n) is 12.7. The molecule has 3 rings (SSSR count). The molecule has 21 heavy (non-hydrogen) atoms. The van der Waals surface area contributed by atoms with Crippen LogP contribution in [0.5, 0.6) is 0 Å². The first-order chi connectivity index (χ1) is 10.3. The molecule has 2 saturated carbocycles. The largest absolute Gasteiger partial charge is 0.326 e. The first-order valence-electron chi connectivity index (χ1n) is 8.42. The van der Waals surface area contributed by atoms with Crippen molar-refractivity contribution in [3.63, 3.8) is 0 Å². The van der Waals surface area contributed by atoms with Crippen molar-refractivity contribution >= 4 is 11.6 Å². The zero-order valence-corrected chi connectivity index (χ0v) is 12.7. The van der Waals surface area contributed by atoms with Crippen LogP contribution in [0.1, 0.15) is 56.9 Å². The van der Waals surface area contributed by atoms with Gasteiger partial charge in [-0.1, -0.05) is 37.8 Å². The highest BCUT2D eigenvalue weighted by Gasteiger charge is 2.19. The van der Waals surface area contributed by atoms with Crippen LogP contribution >= 0.6 is 0 Å². The van der Waals surface area contributed by atoms with Gasteiger partial charge in [-0.2, -0.15) is 0 Å². The van der Waals surface area contributed by atoms with Gasteiger partial charge in [0.2, 0.25) is 5.91 Å². The fourth-order valence-corrected chi connectivity index (χ4v) is 3.11. The SMILES string of the molecule is O=C(CCC1CCCC1)Nc1ccc(CNC2CC2)cc1. The summed E-state index contributed by atoms with van der Waals surface area (Å²) in [7, 11) is 0. The average Bonchev–Trinajstić information content (AvgIpc) is 3.18. The Hall–Kier alpha value is -1.35. The third-order valence-corrected chi connectivity index (χ3v) is 4.66. The maximum absolute atomic E-state index is 12.0. The van der Waals surface area contributed by atoms with Gasteiger partial charge in [0.15, 0.2) is 0 Å². The summed E-state index contributed by atoms with van der Waals surface area (Å²) in [5.74, 6) is 0.942. The number of anilines is 1. The number of carbonyl (C=O) groups excluding carboxylic acids is 1. The smallest absolute Gasteiger partial charge is 0.224 e. The summed E-state index contributed by atoms with van der Waals surface area (Å²) < 4.78 is 0. The van der Waals surface area contributed by atoms with E-state index in [0.29, 0.717) is 6.42 Å². The first kappa shape index (κ1) is 14.6. The fourth-order valence-electron chi connectivity index (χ4n) is 3.11. The number of benzene rings is 1. The monoisotopic (exact) mass is 286 g/mol. The van der Waals surface area contributed by atoms with Gasteiger partial charge in [0.05, 0.1) is 0 Å². The number of hydrogen-bond acceptors (Lipinski definition) is 2. The molecule has 0 atom stereocenters. The Kier molecular flexibility index (Phi) is 4.91. The topological polar surface area (TPSA) is 41.1 Å². The van der Waals surface area contributed by atoms with Gasteiger partial charge >= 0.3 is 0 Å². The molecular weight excluding hydrogens is 260 g/mol. The van der Waals surface area contributed by atoms with Crippen LogP contribution in [0.4, 0.5) is 5.69 Å². The summed E-state index contributed by atoms with van der Waals surface area (Å²) >= 11 is 0. The predicted octanol–water partition coefficient (Wildman–Crippen LogP) is 3.85. The Morgan fingerprint density at radius 2 is 1.76 bits per heavy atom. The molecule has 1 aromatic rings. The molecule has 0 aromatic heterocycles. The van der Waals surface area contributed by atoms with E-state index < -0.39 is 0 Å². The van der Waals surface area contributed by atoms with Gasteiger partial charge in [-0.15, -0.1) is 0 Å². The summed E-state index contributed by atoms with van der Waals surface area (Å²) in [5.41, 5.74) is 2.20. The molecule has 0 bridgehead atoms. The molecule has 0 aliphatic heterocycles. The molecule has 2 aliphatic carbocycles. The van der Waals surface area contributed by atoms with Crippen molar-refractivity contribution < 1.29 is 4.79 Å². The van der Waals surface area contributed by atoms with Gasteiger partial charge in [0.25, 0.3) is 0 Å². The van der Waals surface area contributed by atoms with Crippen molar-refractivity contribution in [3.05, 3.63) is 29.8 Å². The normalized spacial score (nSPS) is 18.9. The van der Waals surface area contributed by atoms with Crippen molar-refractivity contribution in [2.75, 3.05) is 5.32 Å². The molecule has 2 aliphatic rings. The molecule has 0 radical (unpaired) electrons. The van der Waals surface area contributed by atoms with Crippen molar-refractivity contribution in [1.82, 2.24) is 5.32 Å². The van der Waals surface area contributed by atoms with E-state index in [9.17, 15) is 4.79 Å². The Morgan fingerprint density at radius 3 is 2.43 bits per heavy atom. The van der Waals surface area contributed by atoms with Crippen LogP contribution in [0.2, 0.25) is 0 Å². The van der Waals surface area contributed by atoms with Gasteiger partial charge in [-0.25, -0.2) is 0 Å². The number of nitrogens with one attached hydrogen (secondary N) is 2. The summed E-state index contributed by atoms with van der Waals surface area (Å²) in [6, 6.07) is 8.96. The standard InChI is InChI=1S/C18H26N2O/c21-18(12-7-14-3-1-2-4-14)20-17-8-5-15(6-9-17)13-19-16-10-11-16/h5-6,8-9,14,16,19H,1-4,7,10-13H2,(H,20,21). The molecule has 3 nitrogen and oxygen atoms in total. The van der Waals surface area contributed by atoms with E-state index in [4.69, 9.17) is 0 Å². The number of rotatable bonds is 7. The summed E-state index contributed by atoms with van der Waals surface area (Å²) in [4.78, 5) is 12.0. The van der Waals surface area contributed by atoms with E-state index >= 15 is 0 Å². The zero-order chi connectivity index (χ0) is 14.5. The summed E-state index contributed by atoms with van der Waals surface area (Å²) in [6.07, 6.45) is 9.67. The number of amides is 1. The molecule has 0 unspecified atom stereocenters. The molecule has 0 saturated heterocycles. The second kappa shape index (κ2) is 7.08. The van der Waals surface area contributed by atoms with Crippen molar-refractivity contribution in [3.8, 4) is 0 Å². The van der Waals surface area contributed by atoms with E-state index in [0.717, 1.165) is 30.6 Å². The Labute approximate surface area is 127 Å². The molecule has 1 aromatic carbocycles. The molecule has 114 valence electrons.